The highest BCUT2D eigenvalue weighted by Crippen LogP contribution is 2.35. The van der Waals surface area contributed by atoms with Gasteiger partial charge in [0.15, 0.2) is 0 Å². The lowest BCUT2D eigenvalue weighted by atomic mass is 10.0. The molecule has 1 heterocycles. The number of carbonyl (C=O) groups is 4. The van der Waals surface area contributed by atoms with Crippen molar-refractivity contribution in [2.45, 2.75) is 90.4 Å². The van der Waals surface area contributed by atoms with Gasteiger partial charge in [0.2, 0.25) is 0 Å². The minimum atomic E-state index is -0.539. The standard InChI is InChI=1S/C59H64N2O11/c1-4-7-8-9-14-37-68-49-33-34-52-53(42-49)61-57(46-22-20-24-51(41-46)72-59(65)44-27-31-48(32-28-44)67-36-16-11-13-18-39-70-55(63)6-3)56(60-52)45-21-19-23-50(40-45)71-58(64)43-25-29-47(30-26-43)66-35-15-10-12-17-38-69-54(62)5-2/h5-6,19-34,40-42H,2-4,7-18,35-39H2,1H3. The smallest absolute Gasteiger partial charge is 0.343 e. The molecule has 0 atom stereocenters. The molecule has 0 unspecified atom stereocenters. The van der Waals surface area contributed by atoms with Gasteiger partial charge < -0.3 is 33.2 Å². The number of fused-ring (bicyclic) bond motifs is 1. The molecule has 0 bridgehead atoms. The van der Waals surface area contributed by atoms with Crippen LogP contribution in [0.15, 0.2) is 141 Å². The molecular weight excluding hydrogens is 913 g/mol. The summed E-state index contributed by atoms with van der Waals surface area (Å²) in [4.78, 5) is 59.4. The molecule has 5 aromatic carbocycles. The predicted molar refractivity (Wildman–Crippen MR) is 278 cm³/mol. The third-order valence-corrected chi connectivity index (χ3v) is 11.4. The van der Waals surface area contributed by atoms with Gasteiger partial charge in [-0.3, -0.25) is 0 Å². The van der Waals surface area contributed by atoms with Gasteiger partial charge in [0.1, 0.15) is 28.7 Å². The van der Waals surface area contributed by atoms with E-state index < -0.39 is 23.9 Å². The van der Waals surface area contributed by atoms with Crippen molar-refractivity contribution in [1.82, 2.24) is 9.97 Å². The predicted octanol–water partition coefficient (Wildman–Crippen LogP) is 13.1. The Balaban J connectivity index is 1.12. The van der Waals surface area contributed by atoms with Gasteiger partial charge in [-0.1, -0.05) is 70.0 Å². The number of benzene rings is 5. The summed E-state index contributed by atoms with van der Waals surface area (Å²) in [5, 5.41) is 0. The molecule has 0 fully saturated rings. The van der Waals surface area contributed by atoms with Crippen molar-refractivity contribution in [3.05, 3.63) is 152 Å². The van der Waals surface area contributed by atoms with Crippen molar-refractivity contribution in [3.63, 3.8) is 0 Å². The van der Waals surface area contributed by atoms with Crippen molar-refractivity contribution in [1.29, 1.82) is 0 Å². The number of ether oxygens (including phenoxy) is 7. The van der Waals surface area contributed by atoms with Crippen LogP contribution in [0, 0.1) is 0 Å². The van der Waals surface area contributed by atoms with Crippen LogP contribution in [-0.4, -0.2) is 66.9 Å². The summed E-state index contributed by atoms with van der Waals surface area (Å²) in [6.45, 7) is 11.4. The second kappa shape index (κ2) is 29.4. The Hall–Kier alpha value is -7.80. The highest BCUT2D eigenvalue weighted by molar-refractivity contribution is 5.93. The fourth-order valence-corrected chi connectivity index (χ4v) is 7.50. The Bertz CT molecular complexity index is 2720. The molecule has 0 aliphatic heterocycles. The first-order valence-corrected chi connectivity index (χ1v) is 24.9. The van der Waals surface area contributed by atoms with Crippen molar-refractivity contribution in [2.24, 2.45) is 0 Å². The van der Waals surface area contributed by atoms with E-state index in [4.69, 9.17) is 43.1 Å². The number of unbranched alkanes of at least 4 members (excludes halogenated alkanes) is 10. The second-order valence-electron chi connectivity index (χ2n) is 17.0. The summed E-state index contributed by atoms with van der Waals surface area (Å²) in [6.07, 6.45) is 14.8. The SMILES string of the molecule is C=CC(=O)OCCCCCCOc1ccc(C(=O)Oc2cccc(-c3nc4ccc(OCCCCCCC)cc4nc3-c3cccc(OC(=O)c4ccc(OCCCCCCOC(=O)C=C)cc4)c3)c2)cc1. The molecule has 13 heteroatoms. The number of rotatable bonds is 31. The molecule has 0 aliphatic rings. The molecule has 1 aromatic heterocycles. The van der Waals surface area contributed by atoms with Gasteiger partial charge in [-0.2, -0.15) is 0 Å². The summed E-state index contributed by atoms with van der Waals surface area (Å²) in [7, 11) is 0. The zero-order valence-corrected chi connectivity index (χ0v) is 41.2. The van der Waals surface area contributed by atoms with Crippen LogP contribution >= 0.6 is 0 Å². The highest BCUT2D eigenvalue weighted by atomic mass is 16.5. The molecule has 0 saturated heterocycles. The van der Waals surface area contributed by atoms with Gasteiger partial charge in [-0.25, -0.2) is 29.1 Å². The van der Waals surface area contributed by atoms with E-state index in [1.165, 1.54) is 19.3 Å². The first kappa shape index (κ1) is 53.5. The lowest BCUT2D eigenvalue weighted by Crippen LogP contribution is -2.09. The zero-order chi connectivity index (χ0) is 50.8. The molecule has 0 N–H and O–H groups in total. The van der Waals surface area contributed by atoms with Crippen molar-refractivity contribution in [2.75, 3.05) is 33.0 Å². The summed E-state index contributed by atoms with van der Waals surface area (Å²) in [6, 6.07) is 33.5. The quantitative estimate of drug-likeness (QED) is 0.0175. The number of aromatic nitrogens is 2. The normalized spacial score (nSPS) is 10.8. The fourth-order valence-electron chi connectivity index (χ4n) is 7.50. The Kier molecular flexibility index (Phi) is 21.9. The van der Waals surface area contributed by atoms with E-state index in [9.17, 15) is 19.2 Å². The van der Waals surface area contributed by atoms with Crippen molar-refractivity contribution >= 4 is 34.9 Å². The first-order chi connectivity index (χ1) is 35.2. The molecule has 6 rings (SSSR count). The minimum absolute atomic E-state index is 0.310. The monoisotopic (exact) mass is 976 g/mol. The van der Waals surface area contributed by atoms with Crippen LogP contribution in [0.4, 0.5) is 0 Å². The molecule has 0 aliphatic carbocycles. The van der Waals surface area contributed by atoms with E-state index in [0.717, 1.165) is 76.4 Å². The molecule has 376 valence electrons. The number of hydrogen-bond donors (Lipinski definition) is 0. The maximum Gasteiger partial charge on any atom is 0.343 e. The zero-order valence-electron chi connectivity index (χ0n) is 41.2. The van der Waals surface area contributed by atoms with Crippen LogP contribution in [0.5, 0.6) is 28.7 Å². The number of nitrogens with zero attached hydrogens (tertiary/aromatic N) is 2. The Morgan fingerprint density at radius 2 is 0.833 bits per heavy atom. The molecular formula is C59H64N2O11. The number of esters is 4. The van der Waals surface area contributed by atoms with Crippen LogP contribution in [0.1, 0.15) is 111 Å². The van der Waals surface area contributed by atoms with Crippen LogP contribution < -0.4 is 23.7 Å². The van der Waals surface area contributed by atoms with Crippen molar-refractivity contribution in [3.8, 4) is 51.3 Å². The van der Waals surface area contributed by atoms with Crippen molar-refractivity contribution < 1.29 is 52.3 Å². The van der Waals surface area contributed by atoms with Gasteiger partial charge in [0, 0.05) is 29.3 Å². The molecule has 0 amide bonds. The largest absolute Gasteiger partial charge is 0.494 e. The van der Waals surface area contributed by atoms with E-state index in [0.29, 0.717) is 106 Å². The summed E-state index contributed by atoms with van der Waals surface area (Å²) in [5.41, 5.74) is 4.30. The van der Waals surface area contributed by atoms with Crippen LogP contribution in [0.3, 0.4) is 0 Å². The molecule has 0 saturated carbocycles. The fraction of sp³-hybridized carbons (Fsp3) is 0.322. The van der Waals surface area contributed by atoms with E-state index >= 15 is 0 Å². The van der Waals surface area contributed by atoms with Gasteiger partial charge >= 0.3 is 23.9 Å². The van der Waals surface area contributed by atoms with E-state index in [1.807, 2.05) is 30.3 Å². The highest BCUT2D eigenvalue weighted by Gasteiger charge is 2.18. The molecule has 6 aromatic rings. The van der Waals surface area contributed by atoms with Gasteiger partial charge in [0.05, 0.1) is 66.6 Å². The number of hydrogen-bond acceptors (Lipinski definition) is 13. The van der Waals surface area contributed by atoms with Crippen LogP contribution in [0.25, 0.3) is 33.5 Å². The molecule has 0 radical (unpaired) electrons. The van der Waals surface area contributed by atoms with Gasteiger partial charge in [0.25, 0.3) is 0 Å². The Morgan fingerprint density at radius 3 is 1.28 bits per heavy atom. The first-order valence-electron chi connectivity index (χ1n) is 24.9. The summed E-state index contributed by atoms with van der Waals surface area (Å²) >= 11 is 0. The third kappa shape index (κ3) is 17.6. The summed E-state index contributed by atoms with van der Waals surface area (Å²) < 4.78 is 39.7. The van der Waals surface area contributed by atoms with E-state index in [-0.39, 0.29) is 0 Å². The average molecular weight is 977 g/mol. The lowest BCUT2D eigenvalue weighted by Gasteiger charge is -2.14. The Morgan fingerprint density at radius 1 is 0.431 bits per heavy atom. The van der Waals surface area contributed by atoms with Crippen LogP contribution in [0.2, 0.25) is 0 Å². The lowest BCUT2D eigenvalue weighted by molar-refractivity contribution is -0.138. The Labute approximate surface area is 422 Å². The topological polar surface area (TPSA) is 159 Å². The van der Waals surface area contributed by atoms with E-state index in [1.54, 1.807) is 84.9 Å². The number of carbonyl (C=O) groups excluding carboxylic acids is 4. The average Bonchev–Trinajstić information content (AvgIpc) is 3.40. The maximum absolute atomic E-state index is 13.4. The van der Waals surface area contributed by atoms with Gasteiger partial charge in [-0.05, 0) is 143 Å². The summed E-state index contributed by atoms with van der Waals surface area (Å²) in [5.74, 6) is 0.687. The minimum Gasteiger partial charge on any atom is -0.494 e. The molecule has 72 heavy (non-hydrogen) atoms. The maximum atomic E-state index is 13.4. The van der Waals surface area contributed by atoms with Crippen LogP contribution in [-0.2, 0) is 19.1 Å². The molecule has 13 nitrogen and oxygen atoms in total. The van der Waals surface area contributed by atoms with E-state index in [2.05, 4.69) is 20.1 Å². The third-order valence-electron chi connectivity index (χ3n) is 11.4. The second-order valence-corrected chi connectivity index (χ2v) is 17.0. The van der Waals surface area contributed by atoms with Gasteiger partial charge in [-0.15, -0.1) is 0 Å². The molecule has 0 spiro atoms.